The molecule has 0 unspecified atom stereocenters. The highest BCUT2D eigenvalue weighted by atomic mass is 32.1. The van der Waals surface area contributed by atoms with Crippen LogP contribution in [0, 0.1) is 17.0 Å². The molecule has 1 aromatic carbocycles. The summed E-state index contributed by atoms with van der Waals surface area (Å²) < 4.78 is 0. The molecule has 2 saturated heterocycles. The second kappa shape index (κ2) is 6.35. The van der Waals surface area contributed by atoms with Gasteiger partial charge in [-0.2, -0.15) is 5.01 Å². The van der Waals surface area contributed by atoms with E-state index in [-0.39, 0.29) is 22.9 Å². The monoisotopic (exact) mass is 391 g/mol. The van der Waals surface area contributed by atoms with Crippen molar-refractivity contribution in [1.82, 2.24) is 15.3 Å². The first-order valence-electron chi connectivity index (χ1n) is 8.07. The Morgan fingerprint density at radius 3 is 2.70 bits per heavy atom. The lowest BCUT2D eigenvalue weighted by Gasteiger charge is -2.45. The molecule has 0 saturated carbocycles. The Balaban J connectivity index is 1.92. The number of thiocarbonyl (C=S) groups is 1. The second-order valence-electron chi connectivity index (χ2n) is 6.83. The zero-order valence-electron chi connectivity index (χ0n) is 14.8. The van der Waals surface area contributed by atoms with Gasteiger partial charge in [-0.3, -0.25) is 29.8 Å². The van der Waals surface area contributed by atoms with Gasteiger partial charge in [0.15, 0.2) is 5.11 Å². The molecular weight excluding hydrogens is 374 g/mol. The molecule has 1 aromatic rings. The number of nitrogens with one attached hydrogen (secondary N) is 2. The third-order valence-corrected chi connectivity index (χ3v) is 4.92. The first kappa shape index (κ1) is 18.9. The van der Waals surface area contributed by atoms with Gasteiger partial charge in [0.1, 0.15) is 11.6 Å². The highest BCUT2D eigenvalue weighted by Gasteiger charge is 2.56. The van der Waals surface area contributed by atoms with Crippen molar-refractivity contribution in [2.75, 3.05) is 5.32 Å². The molecule has 0 aliphatic carbocycles. The van der Waals surface area contributed by atoms with Gasteiger partial charge in [-0.15, -0.1) is 0 Å². The van der Waals surface area contributed by atoms with Crippen molar-refractivity contribution >= 4 is 46.4 Å². The van der Waals surface area contributed by atoms with Crippen LogP contribution >= 0.6 is 12.2 Å². The number of rotatable bonds is 3. The van der Waals surface area contributed by atoms with Gasteiger partial charge in [0.25, 0.3) is 5.69 Å². The van der Waals surface area contributed by atoms with Crippen LogP contribution in [0.5, 0.6) is 0 Å². The van der Waals surface area contributed by atoms with E-state index < -0.39 is 34.2 Å². The molecule has 11 heteroatoms. The van der Waals surface area contributed by atoms with Crippen LogP contribution < -0.4 is 10.6 Å². The van der Waals surface area contributed by atoms with Crippen LogP contribution in [-0.4, -0.2) is 49.4 Å². The molecule has 2 fully saturated rings. The van der Waals surface area contributed by atoms with Crippen LogP contribution in [0.4, 0.5) is 11.4 Å². The average molecular weight is 391 g/mol. The van der Waals surface area contributed by atoms with Crippen molar-refractivity contribution in [1.29, 1.82) is 0 Å². The summed E-state index contributed by atoms with van der Waals surface area (Å²) in [5.41, 5.74) is -0.462. The summed E-state index contributed by atoms with van der Waals surface area (Å²) in [6, 6.07) is 3.13. The smallest absolute Gasteiger partial charge is 0.271 e. The summed E-state index contributed by atoms with van der Waals surface area (Å²) in [6.07, 6.45) is -0.168. The standard InChI is InChI=1S/C16H17N5O5S/c1-8-4-5-9(21(25)26)6-10(8)17-13(23)11-7-12(22)19-15(27)18-14(24)16(2,3)20(11)19/h4-6,11H,7H2,1-3H3,(H,17,23)(H,18,24,27)/t11-/m1/s1. The zero-order chi connectivity index (χ0) is 20.1. The number of nitro benzene ring substituents is 1. The van der Waals surface area contributed by atoms with Gasteiger partial charge in [-0.25, -0.2) is 5.01 Å². The quantitative estimate of drug-likeness (QED) is 0.445. The van der Waals surface area contributed by atoms with Gasteiger partial charge in [0.2, 0.25) is 17.7 Å². The molecular formula is C16H17N5O5S. The van der Waals surface area contributed by atoms with E-state index in [1.807, 2.05) is 0 Å². The largest absolute Gasteiger partial charge is 0.324 e. The third-order valence-electron chi connectivity index (χ3n) is 4.65. The van der Waals surface area contributed by atoms with E-state index in [4.69, 9.17) is 12.2 Å². The number of carbonyl (C=O) groups is 3. The number of hydrogen-bond donors (Lipinski definition) is 2. The molecule has 2 aliphatic rings. The molecule has 3 amide bonds. The summed E-state index contributed by atoms with van der Waals surface area (Å²) in [5, 5.41) is 18.5. The summed E-state index contributed by atoms with van der Waals surface area (Å²) in [6.45, 7) is 4.85. The van der Waals surface area contributed by atoms with Gasteiger partial charge in [-0.1, -0.05) is 6.07 Å². The highest BCUT2D eigenvalue weighted by Crippen LogP contribution is 2.33. The zero-order valence-corrected chi connectivity index (χ0v) is 15.6. The van der Waals surface area contributed by atoms with E-state index in [0.29, 0.717) is 5.56 Å². The maximum Gasteiger partial charge on any atom is 0.271 e. The Kier molecular flexibility index (Phi) is 4.44. The number of fused-ring (bicyclic) bond motifs is 1. The molecule has 27 heavy (non-hydrogen) atoms. The van der Waals surface area contributed by atoms with Crippen LogP contribution in [0.15, 0.2) is 18.2 Å². The van der Waals surface area contributed by atoms with Gasteiger partial charge in [0.05, 0.1) is 17.0 Å². The topological polar surface area (TPSA) is 125 Å². The number of aryl methyl sites for hydroxylation is 1. The molecule has 1 atom stereocenters. The van der Waals surface area contributed by atoms with Crippen LogP contribution in [0.3, 0.4) is 0 Å². The lowest BCUT2D eigenvalue weighted by atomic mass is 10.00. The number of nitrogens with zero attached hydrogens (tertiary/aromatic N) is 3. The molecule has 3 rings (SSSR count). The fraction of sp³-hybridized carbons (Fsp3) is 0.375. The summed E-state index contributed by atoms with van der Waals surface area (Å²) >= 11 is 5.06. The van der Waals surface area contributed by atoms with Crippen molar-refractivity contribution in [3.63, 3.8) is 0 Å². The predicted molar refractivity (Wildman–Crippen MR) is 98.4 cm³/mol. The Labute approximate surface area is 159 Å². The Hall–Kier alpha value is -2.92. The molecule has 0 bridgehead atoms. The van der Waals surface area contributed by atoms with Gasteiger partial charge in [-0.05, 0) is 38.6 Å². The number of nitro groups is 1. The number of hydrogen-bond acceptors (Lipinski definition) is 7. The molecule has 0 aromatic heterocycles. The first-order valence-corrected chi connectivity index (χ1v) is 8.48. The number of hydrazine groups is 1. The average Bonchev–Trinajstić information content (AvgIpc) is 2.94. The van der Waals surface area contributed by atoms with Crippen molar-refractivity contribution < 1.29 is 19.3 Å². The van der Waals surface area contributed by atoms with Crippen molar-refractivity contribution in [2.24, 2.45) is 0 Å². The van der Waals surface area contributed by atoms with Crippen molar-refractivity contribution in [2.45, 2.75) is 38.8 Å². The highest BCUT2D eigenvalue weighted by molar-refractivity contribution is 7.80. The normalized spacial score (nSPS) is 21.7. The van der Waals surface area contributed by atoms with E-state index in [1.54, 1.807) is 20.8 Å². The lowest BCUT2D eigenvalue weighted by molar-refractivity contribution is -0.384. The van der Waals surface area contributed by atoms with Gasteiger partial charge < -0.3 is 5.32 Å². The number of benzene rings is 1. The number of non-ortho nitro benzene ring substituents is 1. The van der Waals surface area contributed by atoms with Crippen LogP contribution in [0.1, 0.15) is 25.8 Å². The maximum absolute atomic E-state index is 12.9. The maximum atomic E-state index is 12.9. The summed E-state index contributed by atoms with van der Waals surface area (Å²) in [7, 11) is 0. The first-order chi connectivity index (χ1) is 12.5. The Morgan fingerprint density at radius 2 is 2.07 bits per heavy atom. The van der Waals surface area contributed by atoms with Gasteiger partial charge in [0, 0.05) is 12.1 Å². The summed E-state index contributed by atoms with van der Waals surface area (Å²) in [4.78, 5) is 47.9. The van der Waals surface area contributed by atoms with Crippen LogP contribution in [-0.2, 0) is 14.4 Å². The minimum Gasteiger partial charge on any atom is -0.324 e. The van der Waals surface area contributed by atoms with Crippen LogP contribution in [0.2, 0.25) is 0 Å². The minimum absolute atomic E-state index is 0.0776. The predicted octanol–water partition coefficient (Wildman–Crippen LogP) is 0.853. The van der Waals surface area contributed by atoms with E-state index in [2.05, 4.69) is 10.6 Å². The van der Waals surface area contributed by atoms with E-state index in [9.17, 15) is 24.5 Å². The third kappa shape index (κ3) is 3.04. The van der Waals surface area contributed by atoms with Crippen molar-refractivity contribution in [3.8, 4) is 0 Å². The summed E-state index contributed by atoms with van der Waals surface area (Å²) in [5.74, 6) is -1.40. The molecule has 2 aliphatic heterocycles. The lowest BCUT2D eigenvalue weighted by Crippen LogP contribution is -2.71. The molecule has 0 radical (unpaired) electrons. The SMILES string of the molecule is Cc1ccc([N+](=O)[O-])cc1NC(=O)[C@H]1CC(=O)N2C(=S)NC(=O)C(C)(C)N12. The van der Waals surface area contributed by atoms with E-state index in [1.165, 1.54) is 23.2 Å². The molecule has 2 heterocycles. The molecule has 10 nitrogen and oxygen atoms in total. The molecule has 2 N–H and O–H groups in total. The molecule has 142 valence electrons. The van der Waals surface area contributed by atoms with Crippen LogP contribution in [0.25, 0.3) is 0 Å². The number of carbonyl (C=O) groups excluding carboxylic acids is 3. The van der Waals surface area contributed by atoms with Gasteiger partial charge >= 0.3 is 0 Å². The fourth-order valence-corrected chi connectivity index (χ4v) is 3.42. The number of anilines is 1. The molecule has 0 spiro atoms. The Morgan fingerprint density at radius 1 is 1.41 bits per heavy atom. The Bertz CT molecular complexity index is 899. The van der Waals surface area contributed by atoms with E-state index >= 15 is 0 Å². The second-order valence-corrected chi connectivity index (χ2v) is 7.22. The van der Waals surface area contributed by atoms with Crippen molar-refractivity contribution in [3.05, 3.63) is 33.9 Å². The van der Waals surface area contributed by atoms with E-state index in [0.717, 1.165) is 5.01 Å². The fourth-order valence-electron chi connectivity index (χ4n) is 3.13. The minimum atomic E-state index is -1.19. The number of amides is 3.